The number of halogens is 2. The summed E-state index contributed by atoms with van der Waals surface area (Å²) in [7, 11) is 1.70. The summed E-state index contributed by atoms with van der Waals surface area (Å²) in [5.74, 6) is 0.921. The first-order valence-corrected chi connectivity index (χ1v) is 6.93. The molecule has 90 valence electrons. The van der Waals surface area contributed by atoms with E-state index >= 15 is 0 Å². The molecule has 1 aromatic rings. The van der Waals surface area contributed by atoms with Crippen LogP contribution < -0.4 is 4.74 Å². The summed E-state index contributed by atoms with van der Waals surface area (Å²) in [6, 6.07) is 5.79. The van der Waals surface area contributed by atoms with Crippen molar-refractivity contribution in [2.45, 2.75) is 26.7 Å². The molecule has 0 saturated heterocycles. The zero-order valence-corrected chi connectivity index (χ0v) is 12.4. The molecule has 0 aliphatic rings. The van der Waals surface area contributed by atoms with Crippen LogP contribution in [0.3, 0.4) is 0 Å². The lowest BCUT2D eigenvalue weighted by atomic mass is 9.83. The van der Waals surface area contributed by atoms with E-state index in [1.165, 1.54) is 5.56 Å². The molecular weight excluding hydrogens is 287 g/mol. The molecule has 0 heterocycles. The van der Waals surface area contributed by atoms with E-state index in [0.717, 1.165) is 28.9 Å². The molecule has 1 aromatic carbocycles. The number of alkyl halides is 1. The minimum atomic E-state index is 0.248. The largest absolute Gasteiger partial charge is 0.496 e. The number of ether oxygens (including phenoxy) is 1. The number of hydrogen-bond acceptors (Lipinski definition) is 1. The molecule has 1 unspecified atom stereocenters. The number of methoxy groups -OCH3 is 1. The van der Waals surface area contributed by atoms with Gasteiger partial charge in [0.25, 0.3) is 0 Å². The lowest BCUT2D eigenvalue weighted by molar-refractivity contribution is 0.347. The lowest BCUT2D eigenvalue weighted by Crippen LogP contribution is -2.20. The van der Waals surface area contributed by atoms with E-state index in [-0.39, 0.29) is 5.41 Å². The SMILES string of the molecule is CCC(C)(CBr)Cc1cc(Cl)ccc1OC. The number of benzene rings is 1. The fourth-order valence-electron chi connectivity index (χ4n) is 1.61. The average molecular weight is 306 g/mol. The summed E-state index contributed by atoms with van der Waals surface area (Å²) in [5, 5.41) is 1.75. The molecule has 1 nitrogen and oxygen atoms in total. The van der Waals surface area contributed by atoms with Crippen LogP contribution in [0.15, 0.2) is 18.2 Å². The topological polar surface area (TPSA) is 9.23 Å². The van der Waals surface area contributed by atoms with Gasteiger partial charge in [0.05, 0.1) is 7.11 Å². The summed E-state index contributed by atoms with van der Waals surface area (Å²) in [4.78, 5) is 0. The minimum Gasteiger partial charge on any atom is -0.496 e. The van der Waals surface area contributed by atoms with Crippen LogP contribution in [0, 0.1) is 5.41 Å². The molecule has 0 bridgehead atoms. The highest BCUT2D eigenvalue weighted by Gasteiger charge is 2.22. The van der Waals surface area contributed by atoms with E-state index in [1.54, 1.807) is 7.11 Å². The molecule has 16 heavy (non-hydrogen) atoms. The molecule has 0 fully saturated rings. The van der Waals surface area contributed by atoms with Crippen LogP contribution in [0.25, 0.3) is 0 Å². The first kappa shape index (κ1) is 13.9. The van der Waals surface area contributed by atoms with Crippen LogP contribution in [-0.4, -0.2) is 12.4 Å². The molecular formula is C13H18BrClO. The highest BCUT2D eigenvalue weighted by atomic mass is 79.9. The van der Waals surface area contributed by atoms with Gasteiger partial charge in [-0.05, 0) is 42.0 Å². The van der Waals surface area contributed by atoms with Crippen LogP contribution in [0.2, 0.25) is 5.02 Å². The fraction of sp³-hybridized carbons (Fsp3) is 0.538. The van der Waals surface area contributed by atoms with Gasteiger partial charge in [-0.1, -0.05) is 41.4 Å². The second kappa shape index (κ2) is 5.92. The monoisotopic (exact) mass is 304 g/mol. The van der Waals surface area contributed by atoms with Crippen molar-refractivity contribution >= 4 is 27.5 Å². The Hall–Kier alpha value is -0.210. The molecule has 0 saturated carbocycles. The average Bonchev–Trinajstić information content (AvgIpc) is 2.29. The predicted molar refractivity (Wildman–Crippen MR) is 73.9 cm³/mol. The van der Waals surface area contributed by atoms with Crippen molar-refractivity contribution in [2.24, 2.45) is 5.41 Å². The van der Waals surface area contributed by atoms with Crippen molar-refractivity contribution in [3.05, 3.63) is 28.8 Å². The summed E-state index contributed by atoms with van der Waals surface area (Å²) >= 11 is 9.60. The van der Waals surface area contributed by atoms with Crippen molar-refractivity contribution < 1.29 is 4.74 Å². The van der Waals surface area contributed by atoms with Gasteiger partial charge in [0.2, 0.25) is 0 Å². The standard InChI is InChI=1S/C13H18BrClO/c1-4-13(2,9-14)8-10-7-11(15)5-6-12(10)16-3/h5-7H,4,8-9H2,1-3H3. The summed E-state index contributed by atoms with van der Waals surface area (Å²) in [6.45, 7) is 4.47. The van der Waals surface area contributed by atoms with Gasteiger partial charge in [-0.3, -0.25) is 0 Å². The third-order valence-electron chi connectivity index (χ3n) is 3.04. The number of hydrogen-bond donors (Lipinski definition) is 0. The summed E-state index contributed by atoms with van der Waals surface area (Å²) in [5.41, 5.74) is 1.43. The molecule has 3 heteroatoms. The molecule has 0 N–H and O–H groups in total. The van der Waals surface area contributed by atoms with Crippen molar-refractivity contribution in [1.29, 1.82) is 0 Å². The van der Waals surface area contributed by atoms with Gasteiger partial charge in [-0.2, -0.15) is 0 Å². The molecule has 0 radical (unpaired) electrons. The van der Waals surface area contributed by atoms with Gasteiger partial charge in [0.15, 0.2) is 0 Å². The van der Waals surface area contributed by atoms with Crippen LogP contribution in [0.5, 0.6) is 5.75 Å². The maximum absolute atomic E-state index is 6.02. The molecule has 0 spiro atoms. The Kier molecular flexibility index (Phi) is 5.13. The zero-order valence-electron chi connectivity index (χ0n) is 10.0. The van der Waals surface area contributed by atoms with Crippen molar-refractivity contribution in [1.82, 2.24) is 0 Å². The molecule has 0 aliphatic carbocycles. The first-order chi connectivity index (χ1) is 7.54. The third kappa shape index (κ3) is 3.39. The van der Waals surface area contributed by atoms with Gasteiger partial charge in [0.1, 0.15) is 5.75 Å². The highest BCUT2D eigenvalue weighted by molar-refractivity contribution is 9.09. The Morgan fingerprint density at radius 2 is 2.12 bits per heavy atom. The van der Waals surface area contributed by atoms with Crippen LogP contribution >= 0.6 is 27.5 Å². The predicted octanol–water partition coefficient (Wildman–Crippen LogP) is 4.70. The summed E-state index contributed by atoms with van der Waals surface area (Å²) < 4.78 is 5.36. The Bertz CT molecular complexity index is 348. The zero-order chi connectivity index (χ0) is 12.2. The van der Waals surface area contributed by atoms with E-state index < -0.39 is 0 Å². The highest BCUT2D eigenvalue weighted by Crippen LogP contribution is 2.33. The van der Waals surface area contributed by atoms with Crippen LogP contribution in [0.1, 0.15) is 25.8 Å². The smallest absolute Gasteiger partial charge is 0.122 e. The van der Waals surface area contributed by atoms with Gasteiger partial charge in [-0.15, -0.1) is 0 Å². The fourth-order valence-corrected chi connectivity index (χ4v) is 2.40. The van der Waals surface area contributed by atoms with Crippen LogP contribution in [0.4, 0.5) is 0 Å². The molecule has 0 aliphatic heterocycles. The van der Waals surface area contributed by atoms with E-state index in [1.807, 2.05) is 18.2 Å². The Balaban J connectivity index is 2.98. The van der Waals surface area contributed by atoms with Crippen molar-refractivity contribution in [2.75, 3.05) is 12.4 Å². The Morgan fingerprint density at radius 3 is 2.62 bits per heavy atom. The molecule has 1 rings (SSSR count). The quantitative estimate of drug-likeness (QED) is 0.716. The van der Waals surface area contributed by atoms with Gasteiger partial charge >= 0.3 is 0 Å². The second-order valence-corrected chi connectivity index (χ2v) is 5.43. The van der Waals surface area contributed by atoms with Gasteiger partial charge in [-0.25, -0.2) is 0 Å². The first-order valence-electron chi connectivity index (χ1n) is 5.43. The molecule has 0 amide bonds. The normalized spacial score (nSPS) is 14.6. The van der Waals surface area contributed by atoms with E-state index in [0.29, 0.717) is 0 Å². The minimum absolute atomic E-state index is 0.248. The second-order valence-electron chi connectivity index (χ2n) is 4.43. The van der Waals surface area contributed by atoms with Crippen LogP contribution in [-0.2, 0) is 6.42 Å². The van der Waals surface area contributed by atoms with Crippen molar-refractivity contribution in [3.8, 4) is 5.75 Å². The Labute approximate surface area is 111 Å². The van der Waals surface area contributed by atoms with E-state index in [9.17, 15) is 0 Å². The number of rotatable bonds is 5. The maximum Gasteiger partial charge on any atom is 0.122 e. The molecule has 0 aromatic heterocycles. The van der Waals surface area contributed by atoms with Gasteiger partial charge < -0.3 is 4.74 Å². The third-order valence-corrected chi connectivity index (χ3v) is 4.62. The summed E-state index contributed by atoms with van der Waals surface area (Å²) in [6.07, 6.45) is 2.09. The van der Waals surface area contributed by atoms with Gasteiger partial charge in [0, 0.05) is 10.4 Å². The van der Waals surface area contributed by atoms with E-state index in [4.69, 9.17) is 16.3 Å². The van der Waals surface area contributed by atoms with E-state index in [2.05, 4.69) is 29.8 Å². The van der Waals surface area contributed by atoms with Crippen molar-refractivity contribution in [3.63, 3.8) is 0 Å². The Morgan fingerprint density at radius 1 is 1.44 bits per heavy atom. The molecule has 1 atom stereocenters. The maximum atomic E-state index is 6.02. The lowest BCUT2D eigenvalue weighted by Gasteiger charge is -2.26.